The Morgan fingerprint density at radius 2 is 2.21 bits per heavy atom. The van der Waals surface area contributed by atoms with Crippen molar-refractivity contribution in [3.8, 4) is 0 Å². The summed E-state index contributed by atoms with van der Waals surface area (Å²) in [4.78, 5) is 16.8. The lowest BCUT2D eigenvalue weighted by molar-refractivity contribution is 0.0657. The van der Waals surface area contributed by atoms with Crippen molar-refractivity contribution in [3.05, 3.63) is 21.9 Å². The van der Waals surface area contributed by atoms with Gasteiger partial charge in [0.15, 0.2) is 0 Å². The molecule has 1 aromatic heterocycles. The fourth-order valence-electron chi connectivity index (χ4n) is 3.06. The van der Waals surface area contributed by atoms with Crippen LogP contribution in [0, 0.1) is 5.92 Å². The van der Waals surface area contributed by atoms with Crippen molar-refractivity contribution in [2.24, 2.45) is 11.7 Å². The number of aryl methyl sites for hydroxylation is 1. The van der Waals surface area contributed by atoms with Gasteiger partial charge < -0.3 is 10.6 Å². The van der Waals surface area contributed by atoms with Gasteiger partial charge in [0.25, 0.3) is 5.91 Å². The predicted octanol–water partition coefficient (Wildman–Crippen LogP) is 2.90. The third kappa shape index (κ3) is 3.00. The van der Waals surface area contributed by atoms with E-state index < -0.39 is 0 Å². The lowest BCUT2D eigenvalue weighted by Gasteiger charge is -2.31. The van der Waals surface area contributed by atoms with Crippen molar-refractivity contribution in [2.45, 2.75) is 45.6 Å². The van der Waals surface area contributed by atoms with Crippen LogP contribution in [-0.4, -0.2) is 29.9 Å². The van der Waals surface area contributed by atoms with Gasteiger partial charge in [0.2, 0.25) is 0 Å². The molecule has 106 valence electrons. The first-order chi connectivity index (χ1) is 9.21. The van der Waals surface area contributed by atoms with Gasteiger partial charge in [-0.15, -0.1) is 11.3 Å². The summed E-state index contributed by atoms with van der Waals surface area (Å²) in [5.41, 5.74) is 5.85. The van der Waals surface area contributed by atoms with E-state index in [0.717, 1.165) is 30.7 Å². The third-order valence-corrected chi connectivity index (χ3v) is 5.36. The summed E-state index contributed by atoms with van der Waals surface area (Å²) >= 11 is 1.63. The number of carbonyl (C=O) groups is 1. The van der Waals surface area contributed by atoms with Crippen LogP contribution in [-0.2, 0) is 6.42 Å². The highest BCUT2D eigenvalue weighted by Gasteiger charge is 2.33. The highest BCUT2D eigenvalue weighted by molar-refractivity contribution is 7.14. The number of hydrogen-bond acceptors (Lipinski definition) is 3. The molecule has 0 aromatic carbocycles. The molecular formula is C15H24N2OS. The molecule has 1 saturated carbocycles. The van der Waals surface area contributed by atoms with Crippen molar-refractivity contribution in [3.63, 3.8) is 0 Å². The zero-order chi connectivity index (χ0) is 13.8. The van der Waals surface area contributed by atoms with Crippen LogP contribution < -0.4 is 5.73 Å². The topological polar surface area (TPSA) is 46.3 Å². The molecule has 0 bridgehead atoms. The zero-order valence-electron chi connectivity index (χ0n) is 11.9. The summed E-state index contributed by atoms with van der Waals surface area (Å²) in [7, 11) is 0. The highest BCUT2D eigenvalue weighted by atomic mass is 32.1. The maximum Gasteiger partial charge on any atom is 0.264 e. The van der Waals surface area contributed by atoms with E-state index in [2.05, 4.69) is 19.9 Å². The second kappa shape index (κ2) is 6.53. The summed E-state index contributed by atoms with van der Waals surface area (Å²) in [6, 6.07) is 4.39. The molecule has 2 unspecified atom stereocenters. The zero-order valence-corrected chi connectivity index (χ0v) is 12.7. The normalized spacial score (nSPS) is 22.7. The second-order valence-corrected chi connectivity index (χ2v) is 6.37. The van der Waals surface area contributed by atoms with Crippen molar-refractivity contribution >= 4 is 17.2 Å². The number of nitrogens with zero attached hydrogens (tertiary/aromatic N) is 1. The molecule has 2 atom stereocenters. The molecule has 0 saturated heterocycles. The Hall–Kier alpha value is -0.870. The van der Waals surface area contributed by atoms with Crippen molar-refractivity contribution in [1.29, 1.82) is 0 Å². The Labute approximate surface area is 119 Å². The second-order valence-electron chi connectivity index (χ2n) is 5.20. The molecular weight excluding hydrogens is 256 g/mol. The SMILES string of the molecule is CCc1ccc(C(=O)N(CC)C2CCCC2CN)s1. The van der Waals surface area contributed by atoms with Crippen LogP contribution in [0.5, 0.6) is 0 Å². The highest BCUT2D eigenvalue weighted by Crippen LogP contribution is 2.31. The minimum Gasteiger partial charge on any atom is -0.335 e. The summed E-state index contributed by atoms with van der Waals surface area (Å²) in [5.74, 6) is 0.673. The molecule has 1 heterocycles. The fraction of sp³-hybridized carbons (Fsp3) is 0.667. The molecule has 2 rings (SSSR count). The monoisotopic (exact) mass is 280 g/mol. The molecule has 19 heavy (non-hydrogen) atoms. The van der Waals surface area contributed by atoms with Gasteiger partial charge in [-0.2, -0.15) is 0 Å². The summed E-state index contributed by atoms with van der Waals surface area (Å²) < 4.78 is 0. The number of rotatable bonds is 5. The first kappa shape index (κ1) is 14.5. The Balaban J connectivity index is 2.14. The van der Waals surface area contributed by atoms with E-state index in [4.69, 9.17) is 5.73 Å². The van der Waals surface area contributed by atoms with E-state index in [0.29, 0.717) is 18.5 Å². The van der Waals surface area contributed by atoms with Crippen LogP contribution in [0.3, 0.4) is 0 Å². The smallest absolute Gasteiger partial charge is 0.264 e. The Morgan fingerprint density at radius 1 is 1.42 bits per heavy atom. The predicted molar refractivity (Wildman–Crippen MR) is 80.6 cm³/mol. The molecule has 0 aliphatic heterocycles. The maximum atomic E-state index is 12.6. The summed E-state index contributed by atoms with van der Waals surface area (Å²) in [6.07, 6.45) is 4.46. The molecule has 1 aliphatic rings. The van der Waals surface area contributed by atoms with Crippen LogP contribution in [0.25, 0.3) is 0 Å². The lowest BCUT2D eigenvalue weighted by atomic mass is 10.0. The minimum absolute atomic E-state index is 0.192. The van der Waals surface area contributed by atoms with Gasteiger partial charge in [0.05, 0.1) is 4.88 Å². The van der Waals surface area contributed by atoms with Gasteiger partial charge in [-0.1, -0.05) is 13.3 Å². The average Bonchev–Trinajstić information content (AvgIpc) is 3.08. The van der Waals surface area contributed by atoms with Crippen LogP contribution in [0.4, 0.5) is 0 Å². The molecule has 0 radical (unpaired) electrons. The summed E-state index contributed by atoms with van der Waals surface area (Å²) in [5, 5.41) is 0. The van der Waals surface area contributed by atoms with Gasteiger partial charge >= 0.3 is 0 Å². The molecule has 3 nitrogen and oxygen atoms in total. The Bertz CT molecular complexity index is 430. The molecule has 0 spiro atoms. The Kier molecular flexibility index (Phi) is 4.99. The number of thiophene rings is 1. The van der Waals surface area contributed by atoms with E-state index in [-0.39, 0.29) is 5.91 Å². The van der Waals surface area contributed by atoms with Crippen LogP contribution in [0.15, 0.2) is 12.1 Å². The number of hydrogen-bond donors (Lipinski definition) is 1. The summed E-state index contributed by atoms with van der Waals surface area (Å²) in [6.45, 7) is 5.66. The van der Waals surface area contributed by atoms with E-state index in [1.165, 1.54) is 11.3 Å². The van der Waals surface area contributed by atoms with Crippen LogP contribution in [0.2, 0.25) is 0 Å². The molecule has 4 heteroatoms. The van der Waals surface area contributed by atoms with E-state index in [1.54, 1.807) is 11.3 Å². The van der Waals surface area contributed by atoms with Gasteiger partial charge in [-0.25, -0.2) is 0 Å². The fourth-order valence-corrected chi connectivity index (χ4v) is 3.96. The first-order valence-corrected chi connectivity index (χ1v) is 8.12. The lowest BCUT2D eigenvalue weighted by Crippen LogP contribution is -2.43. The van der Waals surface area contributed by atoms with Crippen molar-refractivity contribution < 1.29 is 4.79 Å². The van der Waals surface area contributed by atoms with Gasteiger partial charge in [-0.05, 0) is 50.8 Å². The largest absolute Gasteiger partial charge is 0.335 e. The van der Waals surface area contributed by atoms with Crippen molar-refractivity contribution in [2.75, 3.05) is 13.1 Å². The Morgan fingerprint density at radius 3 is 2.79 bits per heavy atom. The first-order valence-electron chi connectivity index (χ1n) is 7.31. The molecule has 1 aliphatic carbocycles. The quantitative estimate of drug-likeness (QED) is 0.901. The van der Waals surface area contributed by atoms with Gasteiger partial charge in [0.1, 0.15) is 0 Å². The molecule has 1 amide bonds. The van der Waals surface area contributed by atoms with Crippen molar-refractivity contribution in [1.82, 2.24) is 4.90 Å². The van der Waals surface area contributed by atoms with Gasteiger partial charge in [0, 0.05) is 17.5 Å². The maximum absolute atomic E-state index is 12.6. The van der Waals surface area contributed by atoms with E-state index in [9.17, 15) is 4.79 Å². The molecule has 1 fully saturated rings. The standard InChI is InChI=1S/C15H24N2OS/c1-3-12-8-9-14(19-12)15(18)17(4-2)13-7-5-6-11(13)10-16/h8-9,11,13H,3-7,10,16H2,1-2H3. The van der Waals surface area contributed by atoms with E-state index in [1.807, 2.05) is 11.0 Å². The minimum atomic E-state index is 0.192. The van der Waals surface area contributed by atoms with Crippen LogP contribution in [0.1, 0.15) is 47.7 Å². The number of amides is 1. The van der Waals surface area contributed by atoms with E-state index >= 15 is 0 Å². The molecule has 1 aromatic rings. The van der Waals surface area contributed by atoms with Gasteiger partial charge in [-0.3, -0.25) is 4.79 Å². The number of carbonyl (C=O) groups excluding carboxylic acids is 1. The number of nitrogens with two attached hydrogens (primary N) is 1. The molecule has 2 N–H and O–H groups in total. The van der Waals surface area contributed by atoms with Crippen LogP contribution >= 0.6 is 11.3 Å². The average molecular weight is 280 g/mol. The third-order valence-electron chi connectivity index (χ3n) is 4.14.